The van der Waals surface area contributed by atoms with Crippen molar-refractivity contribution in [3.63, 3.8) is 0 Å². The minimum atomic E-state index is 0.846. The second-order valence-electron chi connectivity index (χ2n) is 4.56. The molecule has 1 aliphatic heterocycles. The lowest BCUT2D eigenvalue weighted by Crippen LogP contribution is -2.43. The van der Waals surface area contributed by atoms with Gasteiger partial charge in [-0.2, -0.15) is 0 Å². The fourth-order valence-electron chi connectivity index (χ4n) is 2.15. The number of hydrogen-bond donors (Lipinski definition) is 2. The monoisotopic (exact) mass is 262 g/mol. The Hall–Kier alpha value is -1.75. The van der Waals surface area contributed by atoms with Crippen molar-refractivity contribution in [2.24, 2.45) is 4.99 Å². The van der Waals surface area contributed by atoms with Crippen LogP contribution in [0, 0.1) is 0 Å². The van der Waals surface area contributed by atoms with Crippen molar-refractivity contribution in [2.45, 2.75) is 6.92 Å². The van der Waals surface area contributed by atoms with E-state index in [4.69, 9.17) is 4.74 Å². The quantitative estimate of drug-likeness (QED) is 0.641. The maximum absolute atomic E-state index is 5.46. The van der Waals surface area contributed by atoms with Crippen LogP contribution in [-0.4, -0.2) is 46.2 Å². The molecule has 5 heteroatoms. The number of ether oxygens (including phenoxy) is 1. The van der Waals surface area contributed by atoms with Crippen molar-refractivity contribution in [1.82, 2.24) is 5.32 Å². The van der Waals surface area contributed by atoms with Crippen molar-refractivity contribution in [3.8, 4) is 5.75 Å². The summed E-state index contributed by atoms with van der Waals surface area (Å²) < 4.78 is 5.46. The third-order valence-electron chi connectivity index (χ3n) is 3.32. The number of benzene rings is 1. The summed E-state index contributed by atoms with van der Waals surface area (Å²) in [5, 5.41) is 6.59. The lowest BCUT2D eigenvalue weighted by Gasteiger charge is -2.30. The molecular weight excluding hydrogens is 240 g/mol. The first-order valence-corrected chi connectivity index (χ1v) is 6.58. The van der Waals surface area contributed by atoms with Crippen LogP contribution in [0.4, 0.5) is 11.4 Å². The molecule has 1 heterocycles. The van der Waals surface area contributed by atoms with Gasteiger partial charge in [0.1, 0.15) is 5.75 Å². The Balaban J connectivity index is 2.19. The zero-order valence-electron chi connectivity index (χ0n) is 11.9. The molecule has 1 aromatic rings. The molecule has 1 aromatic carbocycles. The number of anilines is 2. The van der Waals surface area contributed by atoms with Crippen LogP contribution in [0.2, 0.25) is 0 Å². The molecule has 0 aliphatic carbocycles. The Morgan fingerprint density at radius 3 is 2.74 bits per heavy atom. The van der Waals surface area contributed by atoms with Crippen molar-refractivity contribution in [3.05, 3.63) is 18.2 Å². The van der Waals surface area contributed by atoms with Crippen molar-refractivity contribution < 1.29 is 4.74 Å². The van der Waals surface area contributed by atoms with E-state index in [0.717, 1.165) is 43.5 Å². The third kappa shape index (κ3) is 3.38. The number of aliphatic imine (C=N–C) groups is 1. The van der Waals surface area contributed by atoms with Crippen molar-refractivity contribution in [1.29, 1.82) is 0 Å². The first kappa shape index (κ1) is 13.7. The van der Waals surface area contributed by atoms with Gasteiger partial charge < -0.3 is 20.3 Å². The molecule has 19 heavy (non-hydrogen) atoms. The zero-order chi connectivity index (χ0) is 13.7. The molecule has 0 saturated carbocycles. The van der Waals surface area contributed by atoms with Gasteiger partial charge in [0.15, 0.2) is 0 Å². The van der Waals surface area contributed by atoms with Gasteiger partial charge in [0.2, 0.25) is 0 Å². The summed E-state index contributed by atoms with van der Waals surface area (Å²) >= 11 is 0. The second-order valence-corrected chi connectivity index (χ2v) is 4.56. The first-order valence-electron chi connectivity index (χ1n) is 6.58. The van der Waals surface area contributed by atoms with E-state index in [1.54, 1.807) is 14.2 Å². The van der Waals surface area contributed by atoms with Gasteiger partial charge in [0, 0.05) is 45.0 Å². The van der Waals surface area contributed by atoms with Gasteiger partial charge in [-0.25, -0.2) is 0 Å². The van der Waals surface area contributed by atoms with Gasteiger partial charge in [0.05, 0.1) is 18.6 Å². The number of methoxy groups -OCH3 is 1. The minimum absolute atomic E-state index is 0.846. The summed E-state index contributed by atoms with van der Waals surface area (Å²) in [6.45, 7) is 6.06. The minimum Gasteiger partial charge on any atom is -0.494 e. The van der Waals surface area contributed by atoms with Crippen LogP contribution in [0.15, 0.2) is 23.2 Å². The van der Waals surface area contributed by atoms with E-state index in [9.17, 15) is 0 Å². The molecule has 0 bridgehead atoms. The van der Waals surface area contributed by atoms with Crippen LogP contribution in [0.3, 0.4) is 0 Å². The highest BCUT2D eigenvalue weighted by atomic mass is 16.5. The predicted molar refractivity (Wildman–Crippen MR) is 80.7 cm³/mol. The normalized spacial score (nSPS) is 16.4. The predicted octanol–water partition coefficient (Wildman–Crippen LogP) is 1.56. The summed E-state index contributed by atoms with van der Waals surface area (Å²) in [6, 6.07) is 6.25. The van der Waals surface area contributed by atoms with Crippen LogP contribution in [-0.2, 0) is 0 Å². The number of piperazine rings is 1. The Bertz CT molecular complexity index is 453. The van der Waals surface area contributed by atoms with Gasteiger partial charge in [0.25, 0.3) is 0 Å². The Kier molecular flexibility index (Phi) is 4.63. The number of rotatable bonds is 3. The van der Waals surface area contributed by atoms with Gasteiger partial charge in [-0.15, -0.1) is 0 Å². The molecule has 0 radical (unpaired) electrons. The SMILES string of the molecule is CN=C(C)Nc1ccc(N2CCNCC2)cc1OC. The maximum atomic E-state index is 5.46. The molecular formula is C14H22N4O. The molecule has 0 unspecified atom stereocenters. The van der Waals surface area contributed by atoms with Crippen LogP contribution < -0.4 is 20.3 Å². The number of hydrogen-bond acceptors (Lipinski definition) is 4. The average Bonchev–Trinajstić information content (AvgIpc) is 2.48. The number of nitrogens with one attached hydrogen (secondary N) is 2. The van der Waals surface area contributed by atoms with E-state index in [0.29, 0.717) is 0 Å². The van der Waals surface area contributed by atoms with E-state index in [-0.39, 0.29) is 0 Å². The Labute approximate surface area is 114 Å². The fraction of sp³-hybridized carbons (Fsp3) is 0.500. The molecule has 0 spiro atoms. The average molecular weight is 262 g/mol. The molecule has 1 fully saturated rings. The summed E-state index contributed by atoms with van der Waals surface area (Å²) in [5.41, 5.74) is 2.15. The van der Waals surface area contributed by atoms with E-state index in [1.807, 2.05) is 13.0 Å². The molecule has 0 amide bonds. The molecule has 5 nitrogen and oxygen atoms in total. The van der Waals surface area contributed by atoms with Crippen LogP contribution in [0.5, 0.6) is 5.75 Å². The highest BCUT2D eigenvalue weighted by Crippen LogP contribution is 2.30. The summed E-state index contributed by atoms with van der Waals surface area (Å²) in [4.78, 5) is 6.47. The summed E-state index contributed by atoms with van der Waals surface area (Å²) in [6.07, 6.45) is 0. The molecule has 1 aliphatic rings. The molecule has 2 N–H and O–H groups in total. The molecule has 0 atom stereocenters. The lowest BCUT2D eigenvalue weighted by atomic mass is 10.2. The molecule has 2 rings (SSSR count). The van der Waals surface area contributed by atoms with E-state index in [2.05, 4.69) is 32.7 Å². The van der Waals surface area contributed by atoms with Crippen molar-refractivity contribution >= 4 is 17.2 Å². The number of nitrogens with zero attached hydrogens (tertiary/aromatic N) is 2. The molecule has 104 valence electrons. The summed E-state index contributed by atoms with van der Waals surface area (Å²) in [5.74, 6) is 1.72. The number of amidine groups is 1. The Morgan fingerprint density at radius 2 is 2.11 bits per heavy atom. The largest absolute Gasteiger partial charge is 0.494 e. The van der Waals surface area contributed by atoms with Gasteiger partial charge >= 0.3 is 0 Å². The second kappa shape index (κ2) is 6.43. The highest BCUT2D eigenvalue weighted by molar-refractivity contribution is 5.95. The standard InChI is InChI=1S/C14H22N4O/c1-11(15-2)17-13-5-4-12(10-14(13)19-3)18-8-6-16-7-9-18/h4-5,10,16H,6-9H2,1-3H3,(H,15,17). The van der Waals surface area contributed by atoms with Crippen LogP contribution in [0.1, 0.15) is 6.92 Å². The summed E-state index contributed by atoms with van der Waals surface area (Å²) in [7, 11) is 3.46. The fourth-order valence-corrected chi connectivity index (χ4v) is 2.15. The molecule has 0 aromatic heterocycles. The van der Waals surface area contributed by atoms with Crippen molar-refractivity contribution in [2.75, 3.05) is 50.6 Å². The van der Waals surface area contributed by atoms with Gasteiger partial charge in [-0.05, 0) is 19.1 Å². The third-order valence-corrected chi connectivity index (χ3v) is 3.32. The highest BCUT2D eigenvalue weighted by Gasteiger charge is 2.13. The van der Waals surface area contributed by atoms with Gasteiger partial charge in [-0.3, -0.25) is 4.99 Å². The van der Waals surface area contributed by atoms with Crippen LogP contribution in [0.25, 0.3) is 0 Å². The van der Waals surface area contributed by atoms with Gasteiger partial charge in [-0.1, -0.05) is 0 Å². The zero-order valence-corrected chi connectivity index (χ0v) is 11.9. The van der Waals surface area contributed by atoms with E-state index in [1.165, 1.54) is 5.69 Å². The lowest BCUT2D eigenvalue weighted by molar-refractivity contribution is 0.416. The maximum Gasteiger partial charge on any atom is 0.144 e. The molecule has 1 saturated heterocycles. The first-order chi connectivity index (χ1) is 9.24. The smallest absolute Gasteiger partial charge is 0.144 e. The van der Waals surface area contributed by atoms with E-state index >= 15 is 0 Å². The van der Waals surface area contributed by atoms with Crippen LogP contribution >= 0.6 is 0 Å². The Morgan fingerprint density at radius 1 is 1.37 bits per heavy atom. The van der Waals surface area contributed by atoms with E-state index < -0.39 is 0 Å². The topological polar surface area (TPSA) is 48.9 Å².